The number of fused-ring (bicyclic) bond motifs is 1. The summed E-state index contributed by atoms with van der Waals surface area (Å²) in [7, 11) is 0. The number of nitrogens with zero attached hydrogens (tertiary/aromatic N) is 1. The van der Waals surface area contributed by atoms with Gasteiger partial charge >= 0.3 is 5.91 Å². The van der Waals surface area contributed by atoms with Crippen LogP contribution in [0.3, 0.4) is 0 Å². The van der Waals surface area contributed by atoms with Gasteiger partial charge in [0.25, 0.3) is 0 Å². The Hall–Kier alpha value is -2.19. The first-order valence-electron chi connectivity index (χ1n) is 4.01. The number of hydrogen-bond donors (Lipinski definition) is 1. The number of H-pyrrole nitrogens is 1. The molecular weight excluding hydrogens is 180 g/mol. The molecule has 68 valence electrons. The molecule has 1 aromatic heterocycles. The number of carbonyl (C=O) groups is 1. The van der Waals surface area contributed by atoms with Gasteiger partial charge in [0.1, 0.15) is 5.69 Å². The predicted octanol–water partition coefficient (Wildman–Crippen LogP) is 1.64. The van der Waals surface area contributed by atoms with Gasteiger partial charge in [0.2, 0.25) is 6.08 Å². The molecule has 0 aliphatic heterocycles. The number of isocyanates is 1. The molecule has 0 radical (unpaired) electrons. The lowest BCUT2D eigenvalue weighted by Gasteiger charge is -1.84. The average Bonchev–Trinajstić information content (AvgIpc) is 2.61. The van der Waals surface area contributed by atoms with Crippen LogP contribution >= 0.6 is 0 Å². The largest absolute Gasteiger partial charge is 0.350 e. The summed E-state index contributed by atoms with van der Waals surface area (Å²) in [5.74, 6) is -0.601. The van der Waals surface area contributed by atoms with E-state index in [1.54, 1.807) is 6.07 Å². The third-order valence-electron chi connectivity index (χ3n) is 1.91. The Morgan fingerprint density at radius 3 is 2.86 bits per heavy atom. The fourth-order valence-corrected chi connectivity index (χ4v) is 1.29. The van der Waals surface area contributed by atoms with Crippen LogP contribution in [0.5, 0.6) is 0 Å². The molecule has 0 atom stereocenters. The highest BCUT2D eigenvalue weighted by atomic mass is 16.2. The molecule has 0 unspecified atom stereocenters. The minimum absolute atomic E-state index is 0.301. The zero-order valence-electron chi connectivity index (χ0n) is 7.15. The first-order chi connectivity index (χ1) is 6.81. The van der Waals surface area contributed by atoms with Crippen LogP contribution in [0.15, 0.2) is 35.3 Å². The Morgan fingerprint density at radius 2 is 2.14 bits per heavy atom. The van der Waals surface area contributed by atoms with E-state index in [-0.39, 0.29) is 0 Å². The minimum Gasteiger partial charge on any atom is -0.350 e. The van der Waals surface area contributed by atoms with Gasteiger partial charge in [-0.25, -0.2) is 4.79 Å². The Morgan fingerprint density at radius 1 is 1.36 bits per heavy atom. The molecule has 0 aliphatic rings. The van der Waals surface area contributed by atoms with Gasteiger partial charge in [-0.1, -0.05) is 18.2 Å². The van der Waals surface area contributed by atoms with Gasteiger partial charge in [-0.3, -0.25) is 4.79 Å². The van der Waals surface area contributed by atoms with Crippen molar-refractivity contribution in [2.45, 2.75) is 0 Å². The number of aliphatic imine (C=N–C) groups is 1. The summed E-state index contributed by atoms with van der Waals surface area (Å²) in [6, 6.07) is 9.09. The van der Waals surface area contributed by atoms with Gasteiger partial charge in [0, 0.05) is 10.9 Å². The van der Waals surface area contributed by atoms with Crippen molar-refractivity contribution >= 4 is 22.9 Å². The normalized spacial score (nSPS) is 9.71. The summed E-state index contributed by atoms with van der Waals surface area (Å²) >= 11 is 0. The smallest absolute Gasteiger partial charge is 0.304 e. The van der Waals surface area contributed by atoms with Crippen molar-refractivity contribution < 1.29 is 9.59 Å². The van der Waals surface area contributed by atoms with Crippen molar-refractivity contribution in [2.75, 3.05) is 0 Å². The molecule has 2 rings (SSSR count). The molecular formula is C10H6N2O2. The third-order valence-corrected chi connectivity index (χ3v) is 1.91. The van der Waals surface area contributed by atoms with E-state index in [1.165, 1.54) is 6.08 Å². The van der Waals surface area contributed by atoms with E-state index in [2.05, 4.69) is 9.98 Å². The van der Waals surface area contributed by atoms with E-state index in [4.69, 9.17) is 0 Å². The second-order valence-electron chi connectivity index (χ2n) is 2.78. The highest BCUT2D eigenvalue weighted by Crippen LogP contribution is 2.14. The SMILES string of the molecule is O=C=NC(=O)c1cc2ccccc2[nH]1. The van der Waals surface area contributed by atoms with Crippen LogP contribution in [0.1, 0.15) is 10.5 Å². The minimum atomic E-state index is -0.601. The van der Waals surface area contributed by atoms with E-state index in [9.17, 15) is 9.59 Å². The first-order valence-corrected chi connectivity index (χ1v) is 4.01. The van der Waals surface area contributed by atoms with Crippen molar-refractivity contribution in [3.8, 4) is 0 Å². The summed E-state index contributed by atoms with van der Waals surface area (Å²) in [5, 5.41) is 0.914. The van der Waals surface area contributed by atoms with Crippen molar-refractivity contribution in [1.82, 2.24) is 4.98 Å². The number of carbonyl (C=O) groups excluding carboxylic acids is 2. The van der Waals surface area contributed by atoms with Gasteiger partial charge in [-0.15, -0.1) is 4.99 Å². The van der Waals surface area contributed by atoms with E-state index in [1.807, 2.05) is 24.3 Å². The van der Waals surface area contributed by atoms with Crippen molar-refractivity contribution in [3.63, 3.8) is 0 Å². The Balaban J connectivity index is 2.55. The molecule has 4 nitrogen and oxygen atoms in total. The van der Waals surface area contributed by atoms with Crippen molar-refractivity contribution in [2.24, 2.45) is 4.99 Å². The number of benzene rings is 1. The monoisotopic (exact) mass is 186 g/mol. The van der Waals surface area contributed by atoms with E-state index < -0.39 is 5.91 Å². The van der Waals surface area contributed by atoms with Gasteiger partial charge in [0.15, 0.2) is 0 Å². The fourth-order valence-electron chi connectivity index (χ4n) is 1.29. The Labute approximate surface area is 79.3 Å². The maximum absolute atomic E-state index is 11.2. The summed E-state index contributed by atoms with van der Waals surface area (Å²) in [4.78, 5) is 26.9. The fraction of sp³-hybridized carbons (Fsp3) is 0. The predicted molar refractivity (Wildman–Crippen MR) is 50.8 cm³/mol. The molecule has 1 N–H and O–H groups in total. The lowest BCUT2D eigenvalue weighted by Crippen LogP contribution is -1.93. The molecule has 1 heterocycles. The number of para-hydroxylation sites is 1. The zero-order chi connectivity index (χ0) is 9.97. The number of aromatic nitrogens is 1. The Kier molecular flexibility index (Phi) is 1.97. The van der Waals surface area contributed by atoms with Crippen LogP contribution in [-0.2, 0) is 4.79 Å². The van der Waals surface area contributed by atoms with Crippen LogP contribution in [0.4, 0.5) is 0 Å². The van der Waals surface area contributed by atoms with Gasteiger partial charge in [0.05, 0.1) is 0 Å². The molecule has 1 amide bonds. The second-order valence-corrected chi connectivity index (χ2v) is 2.78. The third kappa shape index (κ3) is 1.34. The number of aromatic amines is 1. The zero-order valence-corrected chi connectivity index (χ0v) is 7.15. The number of rotatable bonds is 1. The van der Waals surface area contributed by atoms with Gasteiger partial charge < -0.3 is 4.98 Å². The molecule has 0 saturated carbocycles. The van der Waals surface area contributed by atoms with E-state index >= 15 is 0 Å². The maximum atomic E-state index is 11.2. The molecule has 2 aromatic rings. The molecule has 1 aromatic carbocycles. The standard InChI is InChI=1S/C10H6N2O2/c13-6-11-10(14)9-5-7-3-1-2-4-8(7)12-9/h1-5,12H. The van der Waals surface area contributed by atoms with Crippen LogP contribution in [0, 0.1) is 0 Å². The molecule has 0 saturated heterocycles. The van der Waals surface area contributed by atoms with Crippen LogP contribution in [0.25, 0.3) is 10.9 Å². The van der Waals surface area contributed by atoms with E-state index in [0.29, 0.717) is 5.69 Å². The molecule has 0 bridgehead atoms. The molecule has 14 heavy (non-hydrogen) atoms. The van der Waals surface area contributed by atoms with Crippen molar-refractivity contribution in [1.29, 1.82) is 0 Å². The summed E-state index contributed by atoms with van der Waals surface area (Å²) in [5.41, 5.74) is 1.14. The summed E-state index contributed by atoms with van der Waals surface area (Å²) in [6.45, 7) is 0. The van der Waals surface area contributed by atoms with Gasteiger partial charge in [-0.2, -0.15) is 0 Å². The molecule has 4 heteroatoms. The topological polar surface area (TPSA) is 62.3 Å². The maximum Gasteiger partial charge on any atom is 0.304 e. The lowest BCUT2D eigenvalue weighted by molar-refractivity contribution is 0.0999. The number of hydrogen-bond acceptors (Lipinski definition) is 2. The highest BCUT2D eigenvalue weighted by molar-refractivity contribution is 6.00. The van der Waals surface area contributed by atoms with Gasteiger partial charge in [-0.05, 0) is 12.1 Å². The highest BCUT2D eigenvalue weighted by Gasteiger charge is 2.06. The molecule has 0 spiro atoms. The van der Waals surface area contributed by atoms with Crippen LogP contribution in [0.2, 0.25) is 0 Å². The quantitative estimate of drug-likeness (QED) is 0.543. The summed E-state index contributed by atoms with van der Waals surface area (Å²) < 4.78 is 0. The van der Waals surface area contributed by atoms with Crippen LogP contribution < -0.4 is 0 Å². The lowest BCUT2D eigenvalue weighted by atomic mass is 10.2. The van der Waals surface area contributed by atoms with Crippen LogP contribution in [-0.4, -0.2) is 17.0 Å². The summed E-state index contributed by atoms with van der Waals surface area (Å²) in [6.07, 6.45) is 1.22. The van der Waals surface area contributed by atoms with E-state index in [0.717, 1.165) is 10.9 Å². The Bertz CT molecular complexity index is 503. The average molecular weight is 186 g/mol. The number of amides is 1. The second kappa shape index (κ2) is 3.28. The molecule has 0 fully saturated rings. The number of nitrogens with one attached hydrogen (secondary N) is 1. The first kappa shape index (κ1) is 8.41. The molecule has 0 aliphatic carbocycles. The van der Waals surface area contributed by atoms with Crippen molar-refractivity contribution in [3.05, 3.63) is 36.0 Å².